The van der Waals surface area contributed by atoms with Crippen molar-refractivity contribution in [2.45, 2.75) is 58.0 Å². The van der Waals surface area contributed by atoms with Crippen molar-refractivity contribution in [1.82, 2.24) is 4.72 Å². The van der Waals surface area contributed by atoms with E-state index in [1.54, 1.807) is 13.8 Å². The monoisotopic (exact) mass is 446 g/mol. The summed E-state index contributed by atoms with van der Waals surface area (Å²) in [5, 5.41) is 2.83. The van der Waals surface area contributed by atoms with Crippen molar-refractivity contribution in [2.24, 2.45) is 0 Å². The van der Waals surface area contributed by atoms with Gasteiger partial charge < -0.3 is 10.1 Å². The van der Waals surface area contributed by atoms with Gasteiger partial charge in [-0.15, -0.1) is 0 Å². The fraction of sp³-hybridized carbons (Fsp3) is 0.391. The van der Waals surface area contributed by atoms with E-state index in [1.165, 1.54) is 25.1 Å². The summed E-state index contributed by atoms with van der Waals surface area (Å²) >= 11 is 0. The fourth-order valence-electron chi connectivity index (χ4n) is 3.03. The van der Waals surface area contributed by atoms with Crippen LogP contribution in [0.15, 0.2) is 47.4 Å². The third kappa shape index (κ3) is 6.15. The first-order valence-corrected chi connectivity index (χ1v) is 11.8. The summed E-state index contributed by atoms with van der Waals surface area (Å²) in [5.41, 5.74) is 2.34. The van der Waals surface area contributed by atoms with Crippen LogP contribution in [-0.2, 0) is 19.6 Å². The smallest absolute Gasteiger partial charge is 0.339 e. The number of ether oxygens (including phenoxy) is 1. The number of benzene rings is 2. The second-order valence-corrected chi connectivity index (χ2v) is 9.18. The summed E-state index contributed by atoms with van der Waals surface area (Å²) < 4.78 is 32.2. The molecule has 0 radical (unpaired) electrons. The molecule has 0 fully saturated rings. The molecule has 2 atom stereocenters. The van der Waals surface area contributed by atoms with Gasteiger partial charge in [-0.3, -0.25) is 4.79 Å². The Morgan fingerprint density at radius 2 is 1.74 bits per heavy atom. The first kappa shape index (κ1) is 24.6. The van der Waals surface area contributed by atoms with Gasteiger partial charge in [-0.2, -0.15) is 0 Å². The third-order valence-electron chi connectivity index (χ3n) is 5.09. The number of para-hydroxylation sites is 1. The zero-order chi connectivity index (χ0) is 23.2. The van der Waals surface area contributed by atoms with Crippen LogP contribution >= 0.6 is 0 Å². The number of nitrogens with one attached hydrogen (secondary N) is 2. The Balaban J connectivity index is 2.17. The fourth-order valence-corrected chi connectivity index (χ4v) is 4.10. The van der Waals surface area contributed by atoms with Crippen molar-refractivity contribution in [3.8, 4) is 0 Å². The largest absolute Gasteiger partial charge is 0.449 e. The summed E-state index contributed by atoms with van der Waals surface area (Å²) in [6, 6.07) is 11.7. The molecule has 2 aromatic carbocycles. The van der Waals surface area contributed by atoms with E-state index in [0.29, 0.717) is 11.3 Å². The second kappa shape index (κ2) is 10.5. The predicted octanol–water partition coefficient (Wildman–Crippen LogP) is 3.99. The molecule has 1 amide bonds. The zero-order valence-corrected chi connectivity index (χ0v) is 19.4. The lowest BCUT2D eigenvalue weighted by Gasteiger charge is -2.18. The third-order valence-corrected chi connectivity index (χ3v) is 6.63. The average Bonchev–Trinajstić information content (AvgIpc) is 2.73. The number of anilines is 1. The minimum atomic E-state index is -3.72. The lowest BCUT2D eigenvalue weighted by molar-refractivity contribution is -0.123. The minimum absolute atomic E-state index is 0.0357. The number of amides is 1. The summed E-state index contributed by atoms with van der Waals surface area (Å²) in [6.45, 7) is 9.19. The summed E-state index contributed by atoms with van der Waals surface area (Å²) in [5.74, 6) is -0.958. The molecule has 31 heavy (non-hydrogen) atoms. The molecule has 0 bridgehead atoms. The van der Waals surface area contributed by atoms with Crippen LogP contribution in [0.1, 0.15) is 61.5 Å². The number of carbonyl (C=O) groups excluding carboxylic acids is 2. The molecule has 168 valence electrons. The van der Waals surface area contributed by atoms with E-state index in [0.717, 1.165) is 12.0 Å². The van der Waals surface area contributed by atoms with Gasteiger partial charge in [-0.25, -0.2) is 17.9 Å². The molecule has 2 unspecified atom stereocenters. The number of rotatable bonds is 9. The van der Waals surface area contributed by atoms with Crippen molar-refractivity contribution in [2.75, 3.05) is 11.9 Å². The SMILES string of the molecule is CCNS(=O)(=O)c1ccc(C)c(C(=O)OC(C)C(=O)Nc2ccccc2C(C)CC)c1. The predicted molar refractivity (Wildman–Crippen MR) is 121 cm³/mol. The molecule has 0 saturated heterocycles. The standard InChI is InChI=1S/C23H30N2O5S/c1-6-15(3)19-10-8-9-11-21(19)25-22(26)17(5)30-23(27)20-14-18(13-12-16(20)4)31(28,29)24-7-2/h8-15,17,24H,6-7H2,1-5H3,(H,25,26). The average molecular weight is 447 g/mol. The maximum atomic E-state index is 12.7. The Morgan fingerprint density at radius 3 is 2.39 bits per heavy atom. The molecule has 0 aliphatic heterocycles. The van der Waals surface area contributed by atoms with Gasteiger partial charge in [0.15, 0.2) is 6.10 Å². The van der Waals surface area contributed by atoms with E-state index >= 15 is 0 Å². The van der Waals surface area contributed by atoms with Crippen LogP contribution in [0.4, 0.5) is 5.69 Å². The van der Waals surface area contributed by atoms with Crippen LogP contribution in [0.5, 0.6) is 0 Å². The molecule has 8 heteroatoms. The van der Waals surface area contributed by atoms with Crippen LogP contribution in [0.2, 0.25) is 0 Å². The number of hydrogen-bond donors (Lipinski definition) is 2. The van der Waals surface area contributed by atoms with E-state index in [-0.39, 0.29) is 22.9 Å². The highest BCUT2D eigenvalue weighted by atomic mass is 32.2. The van der Waals surface area contributed by atoms with E-state index in [1.807, 2.05) is 24.3 Å². The molecule has 0 heterocycles. The Kier molecular flexibility index (Phi) is 8.36. The van der Waals surface area contributed by atoms with E-state index in [9.17, 15) is 18.0 Å². The lowest BCUT2D eigenvalue weighted by atomic mass is 9.97. The van der Waals surface area contributed by atoms with Gasteiger partial charge in [-0.05, 0) is 55.5 Å². The number of esters is 1. The first-order valence-electron chi connectivity index (χ1n) is 10.3. The maximum absolute atomic E-state index is 12.7. The van der Waals surface area contributed by atoms with E-state index in [4.69, 9.17) is 4.74 Å². The normalized spacial score (nSPS) is 13.3. The topological polar surface area (TPSA) is 102 Å². The van der Waals surface area contributed by atoms with Crippen LogP contribution in [0.3, 0.4) is 0 Å². The molecule has 7 nitrogen and oxygen atoms in total. The van der Waals surface area contributed by atoms with Crippen molar-refractivity contribution >= 4 is 27.6 Å². The van der Waals surface area contributed by atoms with Crippen LogP contribution in [0.25, 0.3) is 0 Å². The molecule has 2 rings (SSSR count). The summed E-state index contributed by atoms with van der Waals surface area (Å²) in [6.07, 6.45) is -0.144. The number of carbonyl (C=O) groups is 2. The molecular weight excluding hydrogens is 416 g/mol. The van der Waals surface area contributed by atoms with Gasteiger partial charge in [0.1, 0.15) is 0 Å². The highest BCUT2D eigenvalue weighted by molar-refractivity contribution is 7.89. The Hall–Kier alpha value is -2.71. The van der Waals surface area contributed by atoms with E-state index in [2.05, 4.69) is 23.9 Å². The lowest BCUT2D eigenvalue weighted by Crippen LogP contribution is -2.30. The molecule has 2 N–H and O–H groups in total. The molecular formula is C23H30N2O5S. The van der Waals surface area contributed by atoms with Crippen molar-refractivity contribution in [3.05, 3.63) is 59.2 Å². The van der Waals surface area contributed by atoms with Gasteiger partial charge in [0.25, 0.3) is 5.91 Å². The molecule has 0 aliphatic carbocycles. The summed E-state index contributed by atoms with van der Waals surface area (Å²) in [7, 11) is -3.72. The zero-order valence-electron chi connectivity index (χ0n) is 18.6. The van der Waals surface area contributed by atoms with Crippen molar-refractivity contribution in [1.29, 1.82) is 0 Å². The Morgan fingerprint density at radius 1 is 1.06 bits per heavy atom. The van der Waals surface area contributed by atoms with Crippen molar-refractivity contribution in [3.63, 3.8) is 0 Å². The molecule has 2 aromatic rings. The maximum Gasteiger partial charge on any atom is 0.339 e. The van der Waals surface area contributed by atoms with Crippen LogP contribution < -0.4 is 10.0 Å². The van der Waals surface area contributed by atoms with Gasteiger partial charge in [0.05, 0.1) is 10.5 Å². The van der Waals surface area contributed by atoms with Crippen molar-refractivity contribution < 1.29 is 22.7 Å². The van der Waals surface area contributed by atoms with Crippen LogP contribution in [0, 0.1) is 6.92 Å². The molecule has 0 saturated carbocycles. The van der Waals surface area contributed by atoms with Gasteiger partial charge in [-0.1, -0.05) is 45.0 Å². The highest BCUT2D eigenvalue weighted by Gasteiger charge is 2.23. The van der Waals surface area contributed by atoms with Gasteiger partial charge in [0, 0.05) is 12.2 Å². The molecule has 0 spiro atoms. The molecule has 0 aromatic heterocycles. The quantitative estimate of drug-likeness (QED) is 0.567. The Labute approximate surface area is 184 Å². The van der Waals surface area contributed by atoms with Crippen LogP contribution in [-0.4, -0.2) is 32.9 Å². The second-order valence-electron chi connectivity index (χ2n) is 7.41. The Bertz CT molecular complexity index is 1050. The highest BCUT2D eigenvalue weighted by Crippen LogP contribution is 2.26. The number of sulfonamides is 1. The van der Waals surface area contributed by atoms with E-state index < -0.39 is 28.0 Å². The molecule has 0 aliphatic rings. The summed E-state index contributed by atoms with van der Waals surface area (Å²) in [4.78, 5) is 25.3. The number of hydrogen-bond acceptors (Lipinski definition) is 5. The minimum Gasteiger partial charge on any atom is -0.449 e. The number of aryl methyl sites for hydroxylation is 1. The van der Waals surface area contributed by atoms with Gasteiger partial charge >= 0.3 is 5.97 Å². The van der Waals surface area contributed by atoms with Gasteiger partial charge in [0.2, 0.25) is 10.0 Å². The first-order chi connectivity index (χ1) is 14.6.